The molecule has 0 spiro atoms. The van der Waals surface area contributed by atoms with E-state index in [1.807, 2.05) is 32.5 Å². The molecule has 0 saturated carbocycles. The monoisotopic (exact) mass is 261 g/mol. The van der Waals surface area contributed by atoms with Gasteiger partial charge in [-0.05, 0) is 33.9 Å². The lowest BCUT2D eigenvalue weighted by atomic mass is 10.2. The summed E-state index contributed by atoms with van der Waals surface area (Å²) in [6, 6.07) is 0. The van der Waals surface area contributed by atoms with Crippen LogP contribution in [0.5, 0.6) is 0 Å². The second kappa shape index (κ2) is 8.81. The Bertz CT molecular complexity index is 210. The number of thioether (sulfide) groups is 1. The minimum absolute atomic E-state index is 0.0900. The maximum absolute atomic E-state index is 11.4. The van der Waals surface area contributed by atoms with Crippen LogP contribution in [0.1, 0.15) is 41.0 Å². The van der Waals surface area contributed by atoms with Gasteiger partial charge in [0.1, 0.15) is 5.60 Å². The fourth-order valence-electron chi connectivity index (χ4n) is 1.38. The molecule has 0 heterocycles. The highest BCUT2D eigenvalue weighted by atomic mass is 32.2. The Morgan fingerprint density at radius 2 is 1.76 bits per heavy atom. The van der Waals surface area contributed by atoms with Crippen LogP contribution < -0.4 is 0 Å². The molecule has 0 aliphatic rings. The maximum atomic E-state index is 11.4. The minimum Gasteiger partial charge on any atom is -0.460 e. The quantitative estimate of drug-likeness (QED) is 0.496. The number of rotatable bonds is 8. The van der Waals surface area contributed by atoms with Crippen molar-refractivity contribution in [2.24, 2.45) is 0 Å². The first-order chi connectivity index (χ1) is 7.89. The van der Waals surface area contributed by atoms with E-state index in [0.29, 0.717) is 6.42 Å². The SMILES string of the molecule is CCN(CC)CCSCCC(=O)OC(C)(C)C. The van der Waals surface area contributed by atoms with E-state index in [2.05, 4.69) is 18.7 Å². The van der Waals surface area contributed by atoms with Crippen LogP contribution in [0.15, 0.2) is 0 Å². The molecule has 0 rings (SSSR count). The zero-order valence-electron chi connectivity index (χ0n) is 11.9. The molecule has 0 amide bonds. The van der Waals surface area contributed by atoms with Crippen molar-refractivity contribution in [3.05, 3.63) is 0 Å². The van der Waals surface area contributed by atoms with Gasteiger partial charge in [-0.3, -0.25) is 4.79 Å². The van der Waals surface area contributed by atoms with Crippen molar-refractivity contribution < 1.29 is 9.53 Å². The average Bonchev–Trinajstić information content (AvgIpc) is 2.21. The fourth-order valence-corrected chi connectivity index (χ4v) is 2.29. The van der Waals surface area contributed by atoms with Gasteiger partial charge in [-0.1, -0.05) is 13.8 Å². The van der Waals surface area contributed by atoms with Crippen LogP contribution in [-0.2, 0) is 9.53 Å². The van der Waals surface area contributed by atoms with Crippen LogP contribution in [-0.4, -0.2) is 47.6 Å². The second-order valence-corrected chi connectivity index (χ2v) is 6.20. The third-order valence-corrected chi connectivity index (χ3v) is 3.28. The van der Waals surface area contributed by atoms with Crippen LogP contribution in [0.4, 0.5) is 0 Å². The first kappa shape index (κ1) is 16.8. The Labute approximate surface area is 110 Å². The summed E-state index contributed by atoms with van der Waals surface area (Å²) in [5.41, 5.74) is -0.358. The molecular weight excluding hydrogens is 234 g/mol. The molecule has 0 fully saturated rings. The molecule has 0 saturated heterocycles. The molecule has 0 aromatic rings. The van der Waals surface area contributed by atoms with Gasteiger partial charge in [-0.25, -0.2) is 0 Å². The lowest BCUT2D eigenvalue weighted by Crippen LogP contribution is -2.26. The van der Waals surface area contributed by atoms with Crippen LogP contribution in [0.3, 0.4) is 0 Å². The van der Waals surface area contributed by atoms with E-state index < -0.39 is 0 Å². The van der Waals surface area contributed by atoms with Gasteiger partial charge in [0.15, 0.2) is 0 Å². The number of hydrogen-bond donors (Lipinski definition) is 0. The Balaban J connectivity index is 3.49. The maximum Gasteiger partial charge on any atom is 0.307 e. The normalized spacial score (nSPS) is 11.9. The zero-order chi connectivity index (χ0) is 13.3. The molecule has 4 heteroatoms. The van der Waals surface area contributed by atoms with Gasteiger partial charge in [0.2, 0.25) is 0 Å². The molecular formula is C13H27NO2S. The van der Waals surface area contributed by atoms with Gasteiger partial charge in [0, 0.05) is 18.1 Å². The summed E-state index contributed by atoms with van der Waals surface area (Å²) in [6.45, 7) is 13.4. The van der Waals surface area contributed by atoms with Gasteiger partial charge < -0.3 is 9.64 Å². The molecule has 102 valence electrons. The van der Waals surface area contributed by atoms with E-state index in [1.54, 1.807) is 0 Å². The van der Waals surface area contributed by atoms with Crippen molar-refractivity contribution in [1.82, 2.24) is 4.90 Å². The second-order valence-electron chi connectivity index (χ2n) is 4.98. The third kappa shape index (κ3) is 10.6. The Morgan fingerprint density at radius 1 is 1.18 bits per heavy atom. The molecule has 0 radical (unpaired) electrons. The molecule has 0 aromatic carbocycles. The van der Waals surface area contributed by atoms with Gasteiger partial charge in [0.25, 0.3) is 0 Å². The number of ether oxygens (including phenoxy) is 1. The van der Waals surface area contributed by atoms with Crippen LogP contribution in [0, 0.1) is 0 Å². The Morgan fingerprint density at radius 3 is 2.24 bits per heavy atom. The summed E-state index contributed by atoms with van der Waals surface area (Å²) >= 11 is 1.82. The number of carbonyl (C=O) groups is 1. The van der Waals surface area contributed by atoms with Crippen molar-refractivity contribution in [1.29, 1.82) is 0 Å². The third-order valence-electron chi connectivity index (χ3n) is 2.32. The molecule has 3 nitrogen and oxygen atoms in total. The van der Waals surface area contributed by atoms with Crippen molar-refractivity contribution in [3.8, 4) is 0 Å². The van der Waals surface area contributed by atoms with Crippen LogP contribution >= 0.6 is 11.8 Å². The van der Waals surface area contributed by atoms with Gasteiger partial charge >= 0.3 is 5.97 Å². The lowest BCUT2D eigenvalue weighted by molar-refractivity contribution is -0.154. The van der Waals surface area contributed by atoms with E-state index in [9.17, 15) is 4.79 Å². The number of carbonyl (C=O) groups excluding carboxylic acids is 1. The summed E-state index contributed by atoms with van der Waals surface area (Å²) in [5.74, 6) is 1.86. The van der Waals surface area contributed by atoms with Gasteiger partial charge in [-0.2, -0.15) is 11.8 Å². The van der Waals surface area contributed by atoms with E-state index >= 15 is 0 Å². The zero-order valence-corrected chi connectivity index (χ0v) is 12.7. The average molecular weight is 261 g/mol. The summed E-state index contributed by atoms with van der Waals surface area (Å²) in [7, 11) is 0. The highest BCUT2D eigenvalue weighted by Gasteiger charge is 2.15. The predicted molar refractivity (Wildman–Crippen MR) is 75.6 cm³/mol. The fraction of sp³-hybridized carbons (Fsp3) is 0.923. The molecule has 17 heavy (non-hydrogen) atoms. The van der Waals surface area contributed by atoms with Crippen LogP contribution in [0.25, 0.3) is 0 Å². The highest BCUT2D eigenvalue weighted by molar-refractivity contribution is 7.99. The standard InChI is InChI=1S/C13H27NO2S/c1-6-14(7-2)9-11-17-10-8-12(15)16-13(3,4)5/h6-11H2,1-5H3. The van der Waals surface area contributed by atoms with E-state index in [4.69, 9.17) is 4.74 Å². The smallest absolute Gasteiger partial charge is 0.307 e. The minimum atomic E-state index is -0.358. The largest absolute Gasteiger partial charge is 0.460 e. The van der Waals surface area contributed by atoms with Crippen molar-refractivity contribution in [3.63, 3.8) is 0 Å². The molecule has 0 unspecified atom stereocenters. The van der Waals surface area contributed by atoms with E-state index in [0.717, 1.165) is 31.1 Å². The summed E-state index contributed by atoms with van der Waals surface area (Å²) in [5, 5.41) is 0. The first-order valence-corrected chi connectivity index (χ1v) is 7.56. The van der Waals surface area contributed by atoms with Crippen molar-refractivity contribution >= 4 is 17.7 Å². The topological polar surface area (TPSA) is 29.5 Å². The van der Waals surface area contributed by atoms with E-state index in [-0.39, 0.29) is 11.6 Å². The molecule has 0 aliphatic carbocycles. The molecule has 0 bridgehead atoms. The molecule has 0 aromatic heterocycles. The summed E-state index contributed by atoms with van der Waals surface area (Å²) in [6.07, 6.45) is 0.514. The van der Waals surface area contributed by atoms with Crippen molar-refractivity contribution in [2.45, 2.75) is 46.6 Å². The van der Waals surface area contributed by atoms with Gasteiger partial charge in [-0.15, -0.1) is 0 Å². The Hall–Kier alpha value is -0.220. The van der Waals surface area contributed by atoms with Crippen molar-refractivity contribution in [2.75, 3.05) is 31.1 Å². The van der Waals surface area contributed by atoms with Crippen LogP contribution in [0.2, 0.25) is 0 Å². The highest BCUT2D eigenvalue weighted by Crippen LogP contribution is 2.10. The predicted octanol–water partition coefficient (Wildman–Crippen LogP) is 2.79. The van der Waals surface area contributed by atoms with E-state index in [1.165, 1.54) is 0 Å². The molecule has 0 N–H and O–H groups in total. The number of esters is 1. The summed E-state index contributed by atoms with van der Waals surface area (Å²) in [4.78, 5) is 13.8. The number of hydrogen-bond acceptors (Lipinski definition) is 4. The first-order valence-electron chi connectivity index (χ1n) is 6.41. The lowest BCUT2D eigenvalue weighted by Gasteiger charge is -2.19. The summed E-state index contributed by atoms with van der Waals surface area (Å²) < 4.78 is 5.25. The molecule has 0 aliphatic heterocycles. The molecule has 0 atom stereocenters. The Kier molecular flexibility index (Phi) is 8.70. The van der Waals surface area contributed by atoms with Gasteiger partial charge in [0.05, 0.1) is 6.42 Å². The number of nitrogens with zero attached hydrogens (tertiary/aromatic N) is 1.